The smallest absolute Gasteiger partial charge is 0.226 e. The van der Waals surface area contributed by atoms with Crippen LogP contribution in [0.3, 0.4) is 0 Å². The van der Waals surface area contributed by atoms with Crippen molar-refractivity contribution in [3.8, 4) is 0 Å². The number of ketones is 4. The Morgan fingerprint density at radius 1 is 0.551 bits per heavy atom. The van der Waals surface area contributed by atoms with E-state index in [1.54, 1.807) is 0 Å². The first-order valence-corrected chi connectivity index (χ1v) is 33.1. The number of amides is 6. The van der Waals surface area contributed by atoms with Crippen LogP contribution < -0.4 is 21.3 Å². The summed E-state index contributed by atoms with van der Waals surface area (Å²) >= 11 is 0. The van der Waals surface area contributed by atoms with Gasteiger partial charge in [-0.25, -0.2) is 9.97 Å². The SMILES string of the molecule is CC(=O)N1CCC[C@H]1C(=O)C[C@@H](CC(C)C)C(=O)N[C@@H](Cc1cnc[nH]1)C(=O)C[C@@H](CO)C(=O)NCCO/N=C/C(O)C(O)C(O)C(C)CO.CC(=O)N1CCC[C@H]1C(=O)C[C@@H](CC(C)C)C(=O)N[C@@H](Cc1cnc[nH]1)C(=O)C[C@@H](CO)C(=O)NCCO/N=C/C(O)C(O)C(O)CO. The molecule has 34 heteroatoms. The standard InChI is InChI=1S/C33H54N6O11.C31H50N6O11/c1-19(2)10-22(11-28(44)26-6-5-8-39(26)21(4)42)33(49)38-25(13-24-14-34-18-36-24)27(43)12-23(17-41)32(48)35-7-9-50-37-15-29(45)31(47)30(46)20(3)16-40;1-18(2)9-20(10-26(42)24-5-4-7-37(24)19(3)40)31(47)36-23(12-22-13-32-17-34-22)25(41)11-21(15-38)30(46)33-6-8-48-35-14-27(43)29(45)28(44)16-39/h14-15,18-20,22-23,25-26,29-31,40-41,45-47H,5-13,16-17H2,1-4H3,(H,34,36)(H,35,48)(H,38,49);13-14,17-18,20-21,23-24,27-29,38-39,43-45H,4-12,15-16H2,1-3H3,(H,32,34)(H,33,46)(H,36,47)/b37-15+;35-14+/t20?,22-,23+,25+,26+,29?,30?,31?;20-,21+,23+,24+,27?,28?,29?/m11/s1. The third-order valence-corrected chi connectivity index (χ3v) is 16.7. The van der Waals surface area contributed by atoms with Gasteiger partial charge in [0, 0.05) is 114 Å². The highest BCUT2D eigenvalue weighted by Crippen LogP contribution is 2.27. The van der Waals surface area contributed by atoms with Crippen molar-refractivity contribution in [1.82, 2.24) is 51.0 Å². The molecular weight excluding hydrogens is 1290 g/mol. The van der Waals surface area contributed by atoms with Gasteiger partial charge in [-0.15, -0.1) is 0 Å². The first-order valence-electron chi connectivity index (χ1n) is 33.1. The van der Waals surface area contributed by atoms with Crippen molar-refractivity contribution in [2.24, 2.45) is 51.7 Å². The van der Waals surface area contributed by atoms with Gasteiger partial charge in [-0.05, 0) is 50.4 Å². The zero-order valence-electron chi connectivity index (χ0n) is 56.9. The molecule has 4 rings (SSSR count). The molecule has 2 fully saturated rings. The maximum absolute atomic E-state index is 13.6. The van der Waals surface area contributed by atoms with E-state index in [0.717, 1.165) is 12.4 Å². The molecule has 0 aliphatic carbocycles. The van der Waals surface area contributed by atoms with Crippen LogP contribution in [0.1, 0.15) is 124 Å². The molecule has 7 unspecified atom stereocenters. The summed E-state index contributed by atoms with van der Waals surface area (Å²) in [5.74, 6) is -8.62. The monoisotopic (exact) mass is 1390 g/mol. The van der Waals surface area contributed by atoms with Gasteiger partial charge in [-0.2, -0.15) is 0 Å². The molecule has 2 aliphatic heterocycles. The van der Waals surface area contributed by atoms with Gasteiger partial charge in [0.2, 0.25) is 35.4 Å². The van der Waals surface area contributed by atoms with E-state index in [1.807, 2.05) is 27.7 Å². The molecule has 552 valence electrons. The van der Waals surface area contributed by atoms with Crippen molar-refractivity contribution in [2.75, 3.05) is 65.8 Å². The molecule has 0 saturated carbocycles. The summed E-state index contributed by atoms with van der Waals surface area (Å²) in [7, 11) is 0. The summed E-state index contributed by atoms with van der Waals surface area (Å²) in [6.07, 6.45) is 0.195. The number of oxime groups is 2. The number of aromatic nitrogens is 4. The molecule has 0 radical (unpaired) electrons. The molecule has 0 aromatic carbocycles. The van der Waals surface area contributed by atoms with Gasteiger partial charge in [0.05, 0.1) is 100 Å². The van der Waals surface area contributed by atoms with Crippen LogP contribution in [0.25, 0.3) is 0 Å². The van der Waals surface area contributed by atoms with Gasteiger partial charge in [0.25, 0.3) is 0 Å². The average Bonchev–Trinajstić information content (AvgIpc) is 1.56. The molecular formula is C64H104N12O22. The van der Waals surface area contributed by atoms with Crippen LogP contribution in [-0.4, -0.2) is 278 Å². The fraction of sp³-hybridized carbons (Fsp3) is 0.719. The highest BCUT2D eigenvalue weighted by atomic mass is 16.6. The molecule has 98 heavy (non-hydrogen) atoms. The van der Waals surface area contributed by atoms with E-state index in [-0.39, 0.29) is 87.2 Å². The zero-order chi connectivity index (χ0) is 73.2. The number of rotatable bonds is 45. The number of imidazole rings is 2. The molecule has 16 N–H and O–H groups in total. The van der Waals surface area contributed by atoms with Gasteiger partial charge in [0.15, 0.2) is 23.1 Å². The van der Waals surface area contributed by atoms with Crippen molar-refractivity contribution >= 4 is 71.0 Å². The number of hydrogen-bond donors (Lipinski definition) is 16. The molecule has 34 nitrogen and oxygen atoms in total. The molecule has 2 aromatic heterocycles. The largest absolute Gasteiger partial charge is 0.396 e. The van der Waals surface area contributed by atoms with Crippen LogP contribution in [-0.2, 0) is 70.5 Å². The van der Waals surface area contributed by atoms with Crippen LogP contribution in [0.4, 0.5) is 0 Å². The Hall–Kier alpha value is -7.54. The number of carbonyl (C=O) groups excluding carboxylic acids is 10. The lowest BCUT2D eigenvalue weighted by Gasteiger charge is -2.26. The molecule has 2 saturated heterocycles. The fourth-order valence-corrected chi connectivity index (χ4v) is 11.2. The Bertz CT molecular complexity index is 2850. The summed E-state index contributed by atoms with van der Waals surface area (Å²) in [5, 5.41) is 113. The fourth-order valence-electron chi connectivity index (χ4n) is 11.2. The first-order chi connectivity index (χ1) is 46.5. The van der Waals surface area contributed by atoms with Crippen LogP contribution in [0.15, 0.2) is 35.4 Å². The van der Waals surface area contributed by atoms with Crippen LogP contribution in [0.2, 0.25) is 0 Å². The Balaban J connectivity index is 0.000000511. The summed E-state index contributed by atoms with van der Waals surface area (Å²) in [4.78, 5) is 157. The second kappa shape index (κ2) is 44.5. The lowest BCUT2D eigenvalue weighted by atomic mass is 9.88. The third kappa shape index (κ3) is 29.1. The van der Waals surface area contributed by atoms with Gasteiger partial charge < -0.3 is 102 Å². The summed E-state index contributed by atoms with van der Waals surface area (Å²) in [6, 6.07) is -3.38. The second-order valence-corrected chi connectivity index (χ2v) is 25.6. The van der Waals surface area contributed by atoms with Crippen molar-refractivity contribution in [1.29, 1.82) is 0 Å². The quantitative estimate of drug-likeness (QED) is 0.0172. The molecule has 4 heterocycles. The van der Waals surface area contributed by atoms with E-state index < -0.39 is 165 Å². The minimum Gasteiger partial charge on any atom is -0.396 e. The third-order valence-electron chi connectivity index (χ3n) is 16.7. The Morgan fingerprint density at radius 2 is 0.949 bits per heavy atom. The van der Waals surface area contributed by atoms with Gasteiger partial charge in [0.1, 0.15) is 43.7 Å². The Labute approximate surface area is 569 Å². The summed E-state index contributed by atoms with van der Waals surface area (Å²) in [5.41, 5.74) is 1.08. The summed E-state index contributed by atoms with van der Waals surface area (Å²) in [6.45, 7) is 9.88. The van der Waals surface area contributed by atoms with Crippen molar-refractivity contribution in [2.45, 2.75) is 186 Å². The number of H-pyrrole nitrogens is 2. The molecule has 2 aliphatic rings. The molecule has 15 atom stereocenters. The topological polar surface area (TPSA) is 528 Å². The van der Waals surface area contributed by atoms with E-state index in [4.69, 9.17) is 19.9 Å². The lowest BCUT2D eigenvalue weighted by molar-refractivity contribution is -0.138. The minimum atomic E-state index is -1.69. The Morgan fingerprint density at radius 3 is 1.29 bits per heavy atom. The molecule has 0 bridgehead atoms. The predicted octanol–water partition coefficient (Wildman–Crippen LogP) is -3.70. The van der Waals surface area contributed by atoms with Crippen molar-refractivity contribution in [3.63, 3.8) is 0 Å². The Kier molecular flexibility index (Phi) is 38.4. The summed E-state index contributed by atoms with van der Waals surface area (Å²) < 4.78 is 0. The number of aliphatic hydroxyl groups is 10. The van der Waals surface area contributed by atoms with Crippen molar-refractivity contribution < 1.29 is 109 Å². The number of likely N-dealkylation sites (tertiary alicyclic amines) is 2. The second-order valence-electron chi connectivity index (χ2n) is 25.6. The number of Topliss-reactive ketones (excluding diaryl/α,β-unsaturated/α-hetero) is 4. The minimum absolute atomic E-state index is 0.0230. The molecule has 2 aromatic rings. The number of nitrogens with zero attached hydrogens (tertiary/aromatic N) is 6. The van der Waals surface area contributed by atoms with Crippen LogP contribution in [0.5, 0.6) is 0 Å². The van der Waals surface area contributed by atoms with Crippen molar-refractivity contribution in [3.05, 3.63) is 36.4 Å². The van der Waals surface area contributed by atoms with Crippen LogP contribution >= 0.6 is 0 Å². The highest BCUT2D eigenvalue weighted by Gasteiger charge is 2.39. The lowest BCUT2D eigenvalue weighted by Crippen LogP contribution is -2.48. The normalized spacial score (nSPS) is 18.8. The zero-order valence-corrected chi connectivity index (χ0v) is 56.9. The number of aromatic amines is 2. The highest BCUT2D eigenvalue weighted by molar-refractivity contribution is 5.97. The number of hydrogen-bond acceptors (Lipinski definition) is 26. The maximum atomic E-state index is 13.6. The van der Waals surface area contributed by atoms with Gasteiger partial charge in [-0.1, -0.05) is 44.9 Å². The van der Waals surface area contributed by atoms with Gasteiger partial charge in [-0.3, -0.25) is 47.9 Å². The van der Waals surface area contributed by atoms with Crippen LogP contribution in [0, 0.1) is 41.4 Å². The predicted molar refractivity (Wildman–Crippen MR) is 349 cm³/mol. The van der Waals surface area contributed by atoms with Gasteiger partial charge >= 0.3 is 0 Å². The number of aliphatic hydroxyl groups excluding tert-OH is 10. The van der Waals surface area contributed by atoms with E-state index in [2.05, 4.69) is 51.5 Å². The van der Waals surface area contributed by atoms with E-state index in [9.17, 15) is 88.8 Å². The number of carbonyl (C=O) groups is 10. The number of nitrogens with one attached hydrogen (secondary N) is 6. The average molecular weight is 1390 g/mol. The van der Waals surface area contributed by atoms with E-state index in [0.29, 0.717) is 63.0 Å². The maximum Gasteiger partial charge on any atom is 0.226 e. The molecule has 6 amide bonds. The van der Waals surface area contributed by atoms with E-state index in [1.165, 1.54) is 55.6 Å². The first kappa shape index (κ1) is 84.7. The van der Waals surface area contributed by atoms with E-state index >= 15 is 0 Å². The molecule has 0 spiro atoms.